The summed E-state index contributed by atoms with van der Waals surface area (Å²) < 4.78 is 4.66. The molecule has 0 saturated heterocycles. The lowest BCUT2D eigenvalue weighted by atomic mass is 9.80. The number of carboxylic acids is 1. The Morgan fingerprint density at radius 1 is 1.43 bits per heavy atom. The van der Waals surface area contributed by atoms with Gasteiger partial charge < -0.3 is 9.84 Å². The highest BCUT2D eigenvalue weighted by molar-refractivity contribution is 5.72. The second-order valence-electron chi connectivity index (χ2n) is 3.85. The van der Waals surface area contributed by atoms with Gasteiger partial charge in [-0.15, -0.1) is 0 Å². The van der Waals surface area contributed by atoms with Crippen LogP contribution in [0.25, 0.3) is 0 Å². The third-order valence-electron chi connectivity index (χ3n) is 2.78. The van der Waals surface area contributed by atoms with Gasteiger partial charge in [-0.3, -0.25) is 9.59 Å². The number of aliphatic carboxylic acids is 1. The maximum absolute atomic E-state index is 11.2. The van der Waals surface area contributed by atoms with Crippen LogP contribution in [0.15, 0.2) is 0 Å². The zero-order chi connectivity index (χ0) is 10.6. The van der Waals surface area contributed by atoms with Crippen molar-refractivity contribution in [2.45, 2.75) is 32.1 Å². The van der Waals surface area contributed by atoms with E-state index < -0.39 is 5.97 Å². The van der Waals surface area contributed by atoms with Gasteiger partial charge in [0.2, 0.25) is 0 Å². The number of methoxy groups -OCH3 is 1. The van der Waals surface area contributed by atoms with E-state index in [0.29, 0.717) is 6.42 Å². The van der Waals surface area contributed by atoms with Crippen LogP contribution >= 0.6 is 0 Å². The normalized spacial score (nSPS) is 26.9. The van der Waals surface area contributed by atoms with E-state index in [0.717, 1.165) is 19.3 Å². The van der Waals surface area contributed by atoms with Crippen molar-refractivity contribution >= 4 is 11.9 Å². The van der Waals surface area contributed by atoms with E-state index in [1.807, 2.05) is 0 Å². The van der Waals surface area contributed by atoms with Crippen molar-refractivity contribution in [2.75, 3.05) is 7.11 Å². The molecular weight excluding hydrogens is 184 g/mol. The topological polar surface area (TPSA) is 63.6 Å². The molecule has 0 aromatic carbocycles. The monoisotopic (exact) mass is 200 g/mol. The minimum Gasteiger partial charge on any atom is -0.481 e. The number of carboxylic acid groups (broad SMARTS) is 1. The quantitative estimate of drug-likeness (QED) is 0.700. The van der Waals surface area contributed by atoms with Crippen LogP contribution in [0.4, 0.5) is 0 Å². The Hall–Kier alpha value is -1.06. The van der Waals surface area contributed by atoms with Crippen LogP contribution in [0.2, 0.25) is 0 Å². The Balaban J connectivity index is 2.43. The Morgan fingerprint density at radius 2 is 2.14 bits per heavy atom. The van der Waals surface area contributed by atoms with E-state index in [1.165, 1.54) is 7.11 Å². The molecule has 80 valence electrons. The molecule has 0 aromatic rings. The third kappa shape index (κ3) is 3.01. The van der Waals surface area contributed by atoms with Gasteiger partial charge in [-0.25, -0.2) is 0 Å². The molecule has 1 saturated carbocycles. The van der Waals surface area contributed by atoms with Crippen LogP contribution in [0.5, 0.6) is 0 Å². The molecule has 0 amide bonds. The lowest BCUT2D eigenvalue weighted by Crippen LogP contribution is -2.25. The molecule has 0 bridgehead atoms. The molecule has 0 spiro atoms. The van der Waals surface area contributed by atoms with Crippen molar-refractivity contribution in [2.24, 2.45) is 11.8 Å². The smallest absolute Gasteiger partial charge is 0.308 e. The van der Waals surface area contributed by atoms with Crippen LogP contribution in [0.3, 0.4) is 0 Å². The van der Waals surface area contributed by atoms with E-state index in [2.05, 4.69) is 4.74 Å². The van der Waals surface area contributed by atoms with Crippen LogP contribution in [-0.2, 0) is 14.3 Å². The second kappa shape index (κ2) is 4.98. The van der Waals surface area contributed by atoms with E-state index in [4.69, 9.17) is 5.11 Å². The highest BCUT2D eigenvalue weighted by atomic mass is 16.5. The minimum atomic E-state index is -0.777. The molecule has 0 radical (unpaired) electrons. The lowest BCUT2D eigenvalue weighted by molar-refractivity contribution is -0.148. The number of esters is 1. The van der Waals surface area contributed by atoms with Gasteiger partial charge in [0, 0.05) is 6.42 Å². The average Bonchev–Trinajstić information content (AvgIpc) is 2.16. The zero-order valence-electron chi connectivity index (χ0n) is 8.36. The largest absolute Gasteiger partial charge is 0.481 e. The molecule has 1 rings (SSSR count). The molecule has 2 unspecified atom stereocenters. The summed E-state index contributed by atoms with van der Waals surface area (Å²) in [6, 6.07) is 0. The second-order valence-corrected chi connectivity index (χ2v) is 3.85. The molecule has 1 aliphatic carbocycles. The number of hydrogen-bond donors (Lipinski definition) is 1. The first-order chi connectivity index (χ1) is 6.63. The first kappa shape index (κ1) is 11.0. The number of ether oxygens (including phenoxy) is 1. The van der Waals surface area contributed by atoms with Gasteiger partial charge in [0.05, 0.1) is 13.0 Å². The maximum atomic E-state index is 11.2. The Morgan fingerprint density at radius 3 is 2.71 bits per heavy atom. The van der Waals surface area contributed by atoms with Gasteiger partial charge in [0.25, 0.3) is 0 Å². The highest BCUT2D eigenvalue weighted by Crippen LogP contribution is 2.31. The van der Waals surface area contributed by atoms with E-state index >= 15 is 0 Å². The maximum Gasteiger partial charge on any atom is 0.308 e. The van der Waals surface area contributed by atoms with Gasteiger partial charge in [-0.1, -0.05) is 6.42 Å². The average molecular weight is 200 g/mol. The summed E-state index contributed by atoms with van der Waals surface area (Å²) in [6.07, 6.45) is 3.52. The number of carbonyl (C=O) groups excluding carboxylic acids is 1. The summed E-state index contributed by atoms with van der Waals surface area (Å²) in [5.74, 6) is -0.913. The minimum absolute atomic E-state index is 0.0851. The Labute approximate surface area is 83.2 Å². The van der Waals surface area contributed by atoms with Gasteiger partial charge in [-0.2, -0.15) is 0 Å². The number of rotatable bonds is 3. The van der Waals surface area contributed by atoms with Gasteiger partial charge in [0.15, 0.2) is 0 Å². The Kier molecular flexibility index (Phi) is 3.92. The van der Waals surface area contributed by atoms with E-state index in [9.17, 15) is 9.59 Å². The molecule has 4 nitrogen and oxygen atoms in total. The predicted octanol–water partition coefficient (Wildman–Crippen LogP) is 1.44. The zero-order valence-corrected chi connectivity index (χ0v) is 8.36. The third-order valence-corrected chi connectivity index (χ3v) is 2.78. The Bertz CT molecular complexity index is 224. The molecule has 0 aromatic heterocycles. The van der Waals surface area contributed by atoms with Crippen molar-refractivity contribution in [1.82, 2.24) is 0 Å². The first-order valence-corrected chi connectivity index (χ1v) is 4.93. The molecule has 1 aliphatic rings. The van der Waals surface area contributed by atoms with Crippen LogP contribution in [-0.4, -0.2) is 24.2 Å². The van der Waals surface area contributed by atoms with Crippen molar-refractivity contribution < 1.29 is 19.4 Å². The predicted molar refractivity (Wildman–Crippen MR) is 49.7 cm³/mol. The van der Waals surface area contributed by atoms with Crippen molar-refractivity contribution in [3.05, 3.63) is 0 Å². The van der Waals surface area contributed by atoms with Crippen LogP contribution in [0.1, 0.15) is 32.1 Å². The van der Waals surface area contributed by atoms with Gasteiger partial charge in [0.1, 0.15) is 0 Å². The molecule has 4 heteroatoms. The van der Waals surface area contributed by atoms with Gasteiger partial charge in [-0.05, 0) is 25.2 Å². The molecule has 2 atom stereocenters. The standard InChI is InChI=1S/C10H16O4/c1-14-10(13)8-4-2-3-7(5-8)6-9(11)12/h7-8H,2-6H2,1H3,(H,11,12). The lowest BCUT2D eigenvalue weighted by Gasteiger charge is -2.26. The first-order valence-electron chi connectivity index (χ1n) is 4.93. The SMILES string of the molecule is COC(=O)C1CCCC(CC(=O)O)C1. The van der Waals surface area contributed by atoms with Crippen LogP contribution < -0.4 is 0 Å². The van der Waals surface area contributed by atoms with Crippen LogP contribution in [0, 0.1) is 11.8 Å². The summed E-state index contributed by atoms with van der Waals surface area (Å²) in [5, 5.41) is 8.63. The van der Waals surface area contributed by atoms with Crippen molar-refractivity contribution in [1.29, 1.82) is 0 Å². The van der Waals surface area contributed by atoms with E-state index in [-0.39, 0.29) is 24.2 Å². The summed E-state index contributed by atoms with van der Waals surface area (Å²) in [4.78, 5) is 21.7. The van der Waals surface area contributed by atoms with Crippen molar-refractivity contribution in [3.8, 4) is 0 Å². The highest BCUT2D eigenvalue weighted by Gasteiger charge is 2.28. The summed E-state index contributed by atoms with van der Waals surface area (Å²) in [6.45, 7) is 0. The molecule has 1 fully saturated rings. The fourth-order valence-electron chi connectivity index (χ4n) is 2.10. The summed E-state index contributed by atoms with van der Waals surface area (Å²) >= 11 is 0. The number of carbonyl (C=O) groups is 2. The van der Waals surface area contributed by atoms with Crippen molar-refractivity contribution in [3.63, 3.8) is 0 Å². The summed E-state index contributed by atoms with van der Waals surface area (Å²) in [7, 11) is 1.38. The molecule has 1 N–H and O–H groups in total. The fourth-order valence-corrected chi connectivity index (χ4v) is 2.10. The molecule has 14 heavy (non-hydrogen) atoms. The summed E-state index contributed by atoms with van der Waals surface area (Å²) in [5.41, 5.74) is 0. The van der Waals surface area contributed by atoms with E-state index in [1.54, 1.807) is 0 Å². The molecule has 0 aliphatic heterocycles. The molecular formula is C10H16O4. The number of hydrogen-bond acceptors (Lipinski definition) is 3. The fraction of sp³-hybridized carbons (Fsp3) is 0.800. The molecule has 0 heterocycles. The van der Waals surface area contributed by atoms with Gasteiger partial charge >= 0.3 is 11.9 Å².